The normalized spacial score (nSPS) is 10.7. The van der Waals surface area contributed by atoms with Gasteiger partial charge in [-0.25, -0.2) is 4.98 Å². The lowest BCUT2D eigenvalue weighted by Gasteiger charge is -2.11. The minimum absolute atomic E-state index is 0.603. The first-order valence-corrected chi connectivity index (χ1v) is 6.85. The summed E-state index contributed by atoms with van der Waals surface area (Å²) in [6.45, 7) is 1.41. The number of rotatable bonds is 4. The van der Waals surface area contributed by atoms with E-state index in [1.807, 2.05) is 18.3 Å². The molecule has 0 saturated heterocycles. The lowest BCUT2D eigenvalue weighted by molar-refractivity contribution is 0.872. The Morgan fingerprint density at radius 3 is 2.90 bits per heavy atom. The predicted molar refractivity (Wildman–Crippen MR) is 83.9 cm³/mol. The zero-order valence-electron chi connectivity index (χ0n) is 11.5. The molecule has 3 N–H and O–H groups in total. The highest BCUT2D eigenvalue weighted by Gasteiger charge is 2.08. The molecule has 0 aliphatic heterocycles. The van der Waals surface area contributed by atoms with Gasteiger partial charge in [-0.05, 0) is 31.2 Å². The van der Waals surface area contributed by atoms with Gasteiger partial charge in [0.15, 0.2) is 0 Å². The molecule has 5 nitrogen and oxygen atoms in total. The van der Waals surface area contributed by atoms with Crippen molar-refractivity contribution in [3.63, 3.8) is 0 Å². The fraction of sp³-hybridized carbons (Fsp3) is 0.188. The maximum Gasteiger partial charge on any atom is 0.134 e. The van der Waals surface area contributed by atoms with E-state index in [4.69, 9.17) is 11.0 Å². The van der Waals surface area contributed by atoms with E-state index in [0.29, 0.717) is 12.1 Å². The van der Waals surface area contributed by atoms with Gasteiger partial charge in [-0.2, -0.15) is 5.26 Å². The number of pyridine rings is 2. The summed E-state index contributed by atoms with van der Waals surface area (Å²) in [5.41, 5.74) is 6.93. The highest BCUT2D eigenvalue weighted by molar-refractivity contribution is 6.09. The van der Waals surface area contributed by atoms with E-state index in [1.54, 1.807) is 18.3 Å². The van der Waals surface area contributed by atoms with Crippen molar-refractivity contribution < 1.29 is 0 Å². The van der Waals surface area contributed by atoms with Crippen LogP contribution in [0.25, 0.3) is 21.7 Å². The highest BCUT2D eigenvalue weighted by Crippen LogP contribution is 2.29. The van der Waals surface area contributed by atoms with Crippen LogP contribution < -0.4 is 11.1 Å². The number of aromatic nitrogens is 2. The number of fused-ring (bicyclic) bond motifs is 3. The van der Waals surface area contributed by atoms with Crippen LogP contribution in [0.2, 0.25) is 0 Å². The van der Waals surface area contributed by atoms with Crippen molar-refractivity contribution in [1.82, 2.24) is 9.97 Å². The number of nitriles is 1. The molecule has 0 aliphatic rings. The molecule has 104 valence electrons. The van der Waals surface area contributed by atoms with Crippen molar-refractivity contribution in [2.24, 2.45) is 5.73 Å². The monoisotopic (exact) mass is 277 g/mol. The van der Waals surface area contributed by atoms with Gasteiger partial charge < -0.3 is 11.1 Å². The van der Waals surface area contributed by atoms with Crippen LogP contribution in [0.15, 0.2) is 36.7 Å². The molecule has 1 aromatic carbocycles. The van der Waals surface area contributed by atoms with Gasteiger partial charge in [0.05, 0.1) is 17.1 Å². The molecular formula is C16H15N5. The zero-order valence-corrected chi connectivity index (χ0v) is 11.5. The molecule has 0 spiro atoms. The predicted octanol–water partition coefficient (Wildman–Crippen LogP) is 2.42. The number of nitrogens with two attached hydrogens (primary N) is 1. The van der Waals surface area contributed by atoms with Crippen LogP contribution in [-0.2, 0) is 0 Å². The second-order valence-corrected chi connectivity index (χ2v) is 4.79. The molecule has 3 rings (SSSR count). The molecule has 5 heteroatoms. The van der Waals surface area contributed by atoms with Crippen molar-refractivity contribution in [3.8, 4) is 6.07 Å². The van der Waals surface area contributed by atoms with Gasteiger partial charge in [-0.1, -0.05) is 6.07 Å². The van der Waals surface area contributed by atoms with E-state index in [-0.39, 0.29) is 0 Å². The standard InChI is InChI=1S/C16H15N5/c17-5-1-6-20-16-13-4-7-19-10-14(13)12-3-2-11(9-18)8-15(12)21-16/h2-4,7-8,10H,1,5-6,17H2,(H,20,21). The summed E-state index contributed by atoms with van der Waals surface area (Å²) >= 11 is 0. The summed E-state index contributed by atoms with van der Waals surface area (Å²) in [6, 6.07) is 9.63. The van der Waals surface area contributed by atoms with E-state index >= 15 is 0 Å². The molecule has 0 saturated carbocycles. The maximum atomic E-state index is 9.03. The molecule has 0 amide bonds. The first-order valence-electron chi connectivity index (χ1n) is 6.85. The van der Waals surface area contributed by atoms with Gasteiger partial charge in [0.2, 0.25) is 0 Å². The van der Waals surface area contributed by atoms with Gasteiger partial charge >= 0.3 is 0 Å². The Bertz CT molecular complexity index is 835. The lowest BCUT2D eigenvalue weighted by Crippen LogP contribution is -2.09. The van der Waals surface area contributed by atoms with Crippen LogP contribution >= 0.6 is 0 Å². The van der Waals surface area contributed by atoms with Crippen LogP contribution in [0.4, 0.5) is 5.82 Å². The first-order chi connectivity index (χ1) is 10.3. The second-order valence-electron chi connectivity index (χ2n) is 4.79. The average molecular weight is 277 g/mol. The molecule has 21 heavy (non-hydrogen) atoms. The number of nitrogens with zero attached hydrogens (tertiary/aromatic N) is 3. The van der Waals surface area contributed by atoms with E-state index in [2.05, 4.69) is 21.4 Å². The van der Waals surface area contributed by atoms with Crippen LogP contribution in [0.5, 0.6) is 0 Å². The third-order valence-electron chi connectivity index (χ3n) is 3.40. The summed E-state index contributed by atoms with van der Waals surface area (Å²) in [6.07, 6.45) is 4.47. The highest BCUT2D eigenvalue weighted by atomic mass is 15.0. The van der Waals surface area contributed by atoms with Crippen molar-refractivity contribution >= 4 is 27.5 Å². The first kappa shape index (κ1) is 13.3. The van der Waals surface area contributed by atoms with Crippen LogP contribution in [0.3, 0.4) is 0 Å². The average Bonchev–Trinajstić information content (AvgIpc) is 2.54. The zero-order chi connectivity index (χ0) is 14.7. The van der Waals surface area contributed by atoms with E-state index in [1.165, 1.54) is 0 Å². The third-order valence-corrected chi connectivity index (χ3v) is 3.40. The molecule has 0 radical (unpaired) electrons. The number of hydrogen-bond donors (Lipinski definition) is 2. The Balaban J connectivity index is 2.21. The molecule has 0 fully saturated rings. The number of anilines is 1. The van der Waals surface area contributed by atoms with Crippen molar-refractivity contribution in [3.05, 3.63) is 42.2 Å². The Kier molecular flexibility index (Phi) is 3.63. The van der Waals surface area contributed by atoms with Gasteiger partial charge in [0.1, 0.15) is 5.82 Å². The van der Waals surface area contributed by atoms with Gasteiger partial charge in [0, 0.05) is 35.1 Å². The van der Waals surface area contributed by atoms with Crippen molar-refractivity contribution in [2.45, 2.75) is 6.42 Å². The quantitative estimate of drug-likeness (QED) is 0.565. The molecule has 0 atom stereocenters. The summed E-state index contributed by atoms with van der Waals surface area (Å²) in [4.78, 5) is 8.86. The summed E-state index contributed by atoms with van der Waals surface area (Å²) < 4.78 is 0. The molecular weight excluding hydrogens is 262 g/mol. The fourth-order valence-corrected chi connectivity index (χ4v) is 2.36. The van der Waals surface area contributed by atoms with Crippen molar-refractivity contribution in [2.75, 3.05) is 18.4 Å². The Labute approximate surface area is 122 Å². The molecule has 0 bridgehead atoms. The van der Waals surface area contributed by atoms with Crippen LogP contribution in [0, 0.1) is 11.3 Å². The van der Waals surface area contributed by atoms with Gasteiger partial charge in [0.25, 0.3) is 0 Å². The van der Waals surface area contributed by atoms with E-state index in [0.717, 1.165) is 40.5 Å². The minimum Gasteiger partial charge on any atom is -0.369 e. The van der Waals surface area contributed by atoms with E-state index < -0.39 is 0 Å². The maximum absolute atomic E-state index is 9.03. The second kappa shape index (κ2) is 5.73. The minimum atomic E-state index is 0.603. The van der Waals surface area contributed by atoms with Crippen LogP contribution in [0.1, 0.15) is 12.0 Å². The molecule has 0 aliphatic carbocycles. The Morgan fingerprint density at radius 2 is 2.10 bits per heavy atom. The van der Waals surface area contributed by atoms with Gasteiger partial charge in [-0.15, -0.1) is 0 Å². The van der Waals surface area contributed by atoms with E-state index in [9.17, 15) is 0 Å². The SMILES string of the molecule is N#Cc1ccc2c(c1)nc(NCCCN)c1ccncc12. The largest absolute Gasteiger partial charge is 0.369 e. The summed E-state index contributed by atoms with van der Waals surface area (Å²) in [7, 11) is 0. The Hall–Kier alpha value is -2.71. The molecule has 2 heterocycles. The smallest absolute Gasteiger partial charge is 0.134 e. The molecule has 3 aromatic rings. The number of hydrogen-bond acceptors (Lipinski definition) is 5. The Morgan fingerprint density at radius 1 is 1.19 bits per heavy atom. The van der Waals surface area contributed by atoms with Crippen molar-refractivity contribution in [1.29, 1.82) is 5.26 Å². The third kappa shape index (κ3) is 2.49. The molecule has 0 unspecified atom stereocenters. The molecule has 2 aromatic heterocycles. The van der Waals surface area contributed by atoms with Crippen LogP contribution in [-0.4, -0.2) is 23.1 Å². The fourth-order valence-electron chi connectivity index (χ4n) is 2.36. The summed E-state index contributed by atoms with van der Waals surface area (Å²) in [5.74, 6) is 0.809. The summed E-state index contributed by atoms with van der Waals surface area (Å²) in [5, 5.41) is 15.4. The topological polar surface area (TPSA) is 87.6 Å². The number of nitrogens with one attached hydrogen (secondary N) is 1. The number of benzene rings is 1. The van der Waals surface area contributed by atoms with Gasteiger partial charge in [-0.3, -0.25) is 4.98 Å². The lowest BCUT2D eigenvalue weighted by atomic mass is 10.1.